The van der Waals surface area contributed by atoms with Gasteiger partial charge in [-0.1, -0.05) is 12.1 Å². The van der Waals surface area contributed by atoms with Gasteiger partial charge < -0.3 is 10.6 Å². The average Bonchev–Trinajstić information content (AvgIpc) is 2.61. The van der Waals surface area contributed by atoms with E-state index in [2.05, 4.69) is 9.88 Å². The van der Waals surface area contributed by atoms with Crippen molar-refractivity contribution in [3.05, 3.63) is 24.3 Å². The van der Waals surface area contributed by atoms with Crippen molar-refractivity contribution in [1.82, 2.24) is 4.72 Å². The SMILES string of the molecule is CC1=NO[C@@H](NS(=O)(=O)c2ccc(N)cc2)[C@H]1C. The molecule has 1 aromatic rings. The Hall–Kier alpha value is -1.60. The zero-order valence-corrected chi connectivity index (χ0v) is 10.9. The summed E-state index contributed by atoms with van der Waals surface area (Å²) in [6.07, 6.45) is -0.660. The molecular formula is C11H15N3O3S. The van der Waals surface area contributed by atoms with Crippen molar-refractivity contribution >= 4 is 21.4 Å². The number of nitrogens with zero attached hydrogens (tertiary/aromatic N) is 1. The van der Waals surface area contributed by atoms with Gasteiger partial charge in [-0.3, -0.25) is 0 Å². The summed E-state index contributed by atoms with van der Waals surface area (Å²) in [6.45, 7) is 3.64. The van der Waals surface area contributed by atoms with Gasteiger partial charge in [0.05, 0.1) is 16.5 Å². The lowest BCUT2D eigenvalue weighted by atomic mass is 10.1. The van der Waals surface area contributed by atoms with Crippen LogP contribution in [0.3, 0.4) is 0 Å². The molecule has 0 radical (unpaired) electrons. The van der Waals surface area contributed by atoms with Crippen LogP contribution in [-0.4, -0.2) is 20.4 Å². The molecule has 18 heavy (non-hydrogen) atoms. The topological polar surface area (TPSA) is 93.8 Å². The molecule has 1 heterocycles. The molecule has 1 aliphatic heterocycles. The minimum atomic E-state index is -3.62. The van der Waals surface area contributed by atoms with Gasteiger partial charge in [0.15, 0.2) is 6.23 Å². The van der Waals surface area contributed by atoms with E-state index in [9.17, 15) is 8.42 Å². The van der Waals surface area contributed by atoms with Crippen molar-refractivity contribution in [2.75, 3.05) is 5.73 Å². The molecule has 0 saturated carbocycles. The van der Waals surface area contributed by atoms with E-state index >= 15 is 0 Å². The smallest absolute Gasteiger partial charge is 0.243 e. The van der Waals surface area contributed by atoms with Gasteiger partial charge in [-0.2, -0.15) is 4.72 Å². The van der Waals surface area contributed by atoms with Crippen LogP contribution in [0.25, 0.3) is 0 Å². The highest BCUT2D eigenvalue weighted by Gasteiger charge is 2.31. The van der Waals surface area contributed by atoms with E-state index in [-0.39, 0.29) is 10.8 Å². The van der Waals surface area contributed by atoms with Gasteiger partial charge in [0.25, 0.3) is 0 Å². The Bertz CT molecular complexity index is 566. The van der Waals surface area contributed by atoms with E-state index in [0.717, 1.165) is 5.71 Å². The van der Waals surface area contributed by atoms with E-state index < -0.39 is 16.3 Å². The summed E-state index contributed by atoms with van der Waals surface area (Å²) in [5.41, 5.74) is 6.79. The summed E-state index contributed by atoms with van der Waals surface area (Å²) in [4.78, 5) is 5.18. The minimum absolute atomic E-state index is 0.0893. The molecule has 2 atom stereocenters. The van der Waals surface area contributed by atoms with Gasteiger partial charge in [-0.25, -0.2) is 8.42 Å². The number of sulfonamides is 1. The van der Waals surface area contributed by atoms with Crippen molar-refractivity contribution in [2.45, 2.75) is 25.0 Å². The first-order valence-electron chi connectivity index (χ1n) is 5.48. The molecule has 0 aliphatic carbocycles. The number of anilines is 1. The molecule has 2 rings (SSSR count). The number of oxime groups is 1. The Kier molecular flexibility index (Phi) is 3.27. The van der Waals surface area contributed by atoms with Crippen LogP contribution < -0.4 is 10.5 Å². The highest BCUT2D eigenvalue weighted by atomic mass is 32.2. The second-order valence-corrected chi connectivity index (χ2v) is 5.95. The second kappa shape index (κ2) is 4.58. The molecule has 7 heteroatoms. The number of nitrogen functional groups attached to an aromatic ring is 1. The standard InChI is InChI=1S/C11H15N3O3S/c1-7-8(2)13-17-11(7)14-18(15,16)10-5-3-9(12)4-6-10/h3-7,11,14H,12H2,1-2H3/t7-,11+/m0/s1. The highest BCUT2D eigenvalue weighted by Crippen LogP contribution is 2.19. The van der Waals surface area contributed by atoms with Gasteiger partial charge in [-0.15, -0.1) is 0 Å². The molecule has 0 fully saturated rings. The van der Waals surface area contributed by atoms with E-state index in [1.807, 2.05) is 6.92 Å². The maximum atomic E-state index is 12.1. The summed E-state index contributed by atoms with van der Waals surface area (Å²) in [5, 5.41) is 3.76. The predicted octanol–water partition coefficient (Wildman–Crippen LogP) is 0.915. The van der Waals surface area contributed by atoms with Gasteiger partial charge >= 0.3 is 0 Å². The lowest BCUT2D eigenvalue weighted by Gasteiger charge is -2.15. The summed E-state index contributed by atoms with van der Waals surface area (Å²) >= 11 is 0. The minimum Gasteiger partial charge on any atom is -0.399 e. The molecule has 0 spiro atoms. The monoisotopic (exact) mass is 269 g/mol. The summed E-state index contributed by atoms with van der Waals surface area (Å²) in [5.74, 6) is -0.0893. The van der Waals surface area contributed by atoms with Crippen LogP contribution in [0.2, 0.25) is 0 Å². The van der Waals surface area contributed by atoms with Gasteiger partial charge in [0, 0.05) is 5.69 Å². The van der Waals surface area contributed by atoms with Gasteiger partial charge in [0.1, 0.15) is 0 Å². The molecule has 6 nitrogen and oxygen atoms in total. The Labute approximate surface area is 106 Å². The van der Waals surface area contributed by atoms with Crippen molar-refractivity contribution in [3.8, 4) is 0 Å². The number of nitrogens with one attached hydrogen (secondary N) is 1. The first kappa shape index (κ1) is 12.8. The largest absolute Gasteiger partial charge is 0.399 e. The fourth-order valence-electron chi connectivity index (χ4n) is 1.52. The normalized spacial score (nSPS) is 23.6. The lowest BCUT2D eigenvalue weighted by Crippen LogP contribution is -2.39. The number of rotatable bonds is 3. The van der Waals surface area contributed by atoms with Crippen LogP contribution >= 0.6 is 0 Å². The zero-order valence-electron chi connectivity index (χ0n) is 10.1. The third kappa shape index (κ3) is 2.46. The number of benzene rings is 1. The number of hydrogen-bond donors (Lipinski definition) is 2. The van der Waals surface area contributed by atoms with Crippen molar-refractivity contribution < 1.29 is 13.3 Å². The average molecular weight is 269 g/mol. The summed E-state index contributed by atoms with van der Waals surface area (Å²) in [7, 11) is -3.62. The molecule has 1 aromatic carbocycles. The van der Waals surface area contributed by atoms with Crippen LogP contribution in [0.1, 0.15) is 13.8 Å². The quantitative estimate of drug-likeness (QED) is 0.798. The number of nitrogens with two attached hydrogens (primary N) is 1. The Morgan fingerprint density at radius 1 is 1.33 bits per heavy atom. The second-order valence-electron chi connectivity index (χ2n) is 4.24. The van der Waals surface area contributed by atoms with Gasteiger partial charge in [-0.05, 0) is 31.2 Å². The van der Waals surface area contributed by atoms with Crippen molar-refractivity contribution in [2.24, 2.45) is 11.1 Å². The molecular weight excluding hydrogens is 254 g/mol. The highest BCUT2D eigenvalue weighted by molar-refractivity contribution is 7.89. The van der Waals surface area contributed by atoms with Crippen LogP contribution in [0.4, 0.5) is 5.69 Å². The van der Waals surface area contributed by atoms with E-state index in [1.165, 1.54) is 24.3 Å². The summed E-state index contributed by atoms with van der Waals surface area (Å²) < 4.78 is 26.6. The molecule has 1 aliphatic rings. The number of hydrogen-bond acceptors (Lipinski definition) is 5. The van der Waals surface area contributed by atoms with Crippen LogP contribution in [0, 0.1) is 5.92 Å². The van der Waals surface area contributed by atoms with Crippen LogP contribution in [0.5, 0.6) is 0 Å². The maximum Gasteiger partial charge on any atom is 0.243 e. The van der Waals surface area contributed by atoms with Crippen LogP contribution in [0.15, 0.2) is 34.3 Å². The zero-order chi connectivity index (χ0) is 13.3. The van der Waals surface area contributed by atoms with Crippen molar-refractivity contribution in [1.29, 1.82) is 0 Å². The predicted molar refractivity (Wildman–Crippen MR) is 68.3 cm³/mol. The molecule has 0 aromatic heterocycles. The molecule has 3 N–H and O–H groups in total. The van der Waals surface area contributed by atoms with E-state index in [1.54, 1.807) is 6.92 Å². The molecule has 0 unspecified atom stereocenters. The fraction of sp³-hybridized carbons (Fsp3) is 0.364. The third-order valence-corrected chi connectivity index (χ3v) is 4.32. The first-order chi connectivity index (χ1) is 8.40. The summed E-state index contributed by atoms with van der Waals surface area (Å²) in [6, 6.07) is 5.97. The van der Waals surface area contributed by atoms with Gasteiger partial charge in [0.2, 0.25) is 10.0 Å². The fourth-order valence-corrected chi connectivity index (χ4v) is 2.71. The van der Waals surface area contributed by atoms with Crippen LogP contribution in [-0.2, 0) is 14.9 Å². The third-order valence-electron chi connectivity index (χ3n) is 2.89. The lowest BCUT2D eigenvalue weighted by molar-refractivity contribution is 0.0576. The Morgan fingerprint density at radius 3 is 2.44 bits per heavy atom. The first-order valence-corrected chi connectivity index (χ1v) is 6.96. The molecule has 0 saturated heterocycles. The maximum absolute atomic E-state index is 12.1. The molecule has 0 bridgehead atoms. The van der Waals surface area contributed by atoms with E-state index in [0.29, 0.717) is 5.69 Å². The Balaban J connectivity index is 2.16. The molecule has 0 amide bonds. The molecule has 98 valence electrons. The Morgan fingerprint density at radius 2 is 1.94 bits per heavy atom. The van der Waals surface area contributed by atoms with E-state index in [4.69, 9.17) is 10.6 Å². The van der Waals surface area contributed by atoms with Crippen molar-refractivity contribution in [3.63, 3.8) is 0 Å².